The number of amides is 1. The van der Waals surface area contributed by atoms with Crippen LogP contribution in [0, 0.1) is 0 Å². The summed E-state index contributed by atoms with van der Waals surface area (Å²) < 4.78 is 29.5. The second-order valence-electron chi connectivity index (χ2n) is 6.34. The predicted octanol–water partition coefficient (Wildman–Crippen LogP) is 2.03. The summed E-state index contributed by atoms with van der Waals surface area (Å²) in [7, 11) is -3.60. The molecule has 0 spiro atoms. The summed E-state index contributed by atoms with van der Waals surface area (Å²) in [6.45, 7) is 2.19. The molecule has 2 aromatic carbocycles. The Bertz CT molecular complexity index is 1010. The Labute approximate surface area is 164 Å². The Kier molecular flexibility index (Phi) is 6.23. The molecule has 0 saturated carbocycles. The standard InChI is InChI=1S/C20H22N4O3S/c1-16(25)22-11-10-17-4-8-20(9-5-17)28(26,27)23-14-18-2-6-19(7-3-18)24-13-12-21-15-24/h2-9,12-13,15,23H,10-11,14H2,1H3,(H,22,25). The van der Waals surface area contributed by atoms with Crippen LogP contribution >= 0.6 is 0 Å². The van der Waals surface area contributed by atoms with Gasteiger partial charge >= 0.3 is 0 Å². The number of carbonyl (C=O) groups is 1. The van der Waals surface area contributed by atoms with Crippen LogP contribution in [-0.4, -0.2) is 30.4 Å². The second kappa shape index (κ2) is 8.81. The van der Waals surface area contributed by atoms with Gasteiger partial charge in [0.15, 0.2) is 0 Å². The zero-order chi connectivity index (χ0) is 20.0. The van der Waals surface area contributed by atoms with E-state index in [2.05, 4.69) is 15.0 Å². The van der Waals surface area contributed by atoms with Crippen LogP contribution in [0.15, 0.2) is 72.1 Å². The molecule has 1 amide bonds. The van der Waals surface area contributed by atoms with Crippen molar-refractivity contribution in [2.75, 3.05) is 6.54 Å². The lowest BCUT2D eigenvalue weighted by atomic mass is 10.1. The monoisotopic (exact) mass is 398 g/mol. The van der Waals surface area contributed by atoms with Crippen molar-refractivity contribution in [3.63, 3.8) is 0 Å². The third-order valence-corrected chi connectivity index (χ3v) is 5.64. The van der Waals surface area contributed by atoms with Gasteiger partial charge in [0.1, 0.15) is 0 Å². The first kappa shape index (κ1) is 19.8. The molecule has 1 aromatic heterocycles. The van der Waals surface area contributed by atoms with Crippen LogP contribution in [0.1, 0.15) is 18.1 Å². The molecule has 0 bridgehead atoms. The smallest absolute Gasteiger partial charge is 0.240 e. The van der Waals surface area contributed by atoms with Crippen LogP contribution in [0.3, 0.4) is 0 Å². The van der Waals surface area contributed by atoms with Gasteiger partial charge in [-0.25, -0.2) is 18.1 Å². The highest BCUT2D eigenvalue weighted by molar-refractivity contribution is 7.89. The van der Waals surface area contributed by atoms with Crippen molar-refractivity contribution < 1.29 is 13.2 Å². The van der Waals surface area contributed by atoms with Crippen LogP contribution in [0.5, 0.6) is 0 Å². The van der Waals surface area contributed by atoms with Gasteiger partial charge < -0.3 is 9.88 Å². The van der Waals surface area contributed by atoms with E-state index in [1.165, 1.54) is 6.92 Å². The number of aromatic nitrogens is 2. The second-order valence-corrected chi connectivity index (χ2v) is 8.10. The molecule has 28 heavy (non-hydrogen) atoms. The molecule has 0 aliphatic heterocycles. The molecule has 0 saturated heterocycles. The molecule has 0 radical (unpaired) electrons. The van der Waals surface area contributed by atoms with Crippen molar-refractivity contribution in [3.8, 4) is 5.69 Å². The lowest BCUT2D eigenvalue weighted by Crippen LogP contribution is -2.23. The van der Waals surface area contributed by atoms with Gasteiger partial charge in [0.25, 0.3) is 0 Å². The van der Waals surface area contributed by atoms with Crippen molar-refractivity contribution >= 4 is 15.9 Å². The minimum Gasteiger partial charge on any atom is -0.356 e. The number of hydrogen-bond acceptors (Lipinski definition) is 4. The summed E-state index contributed by atoms with van der Waals surface area (Å²) in [5, 5.41) is 2.72. The third kappa shape index (κ3) is 5.28. The summed E-state index contributed by atoms with van der Waals surface area (Å²) in [6, 6.07) is 14.3. The number of nitrogens with zero attached hydrogens (tertiary/aromatic N) is 2. The summed E-state index contributed by atoms with van der Waals surface area (Å²) in [4.78, 5) is 15.1. The van der Waals surface area contributed by atoms with E-state index in [1.807, 2.05) is 35.0 Å². The molecule has 2 N–H and O–H groups in total. The molecule has 7 nitrogen and oxygen atoms in total. The molecule has 0 aliphatic carbocycles. The van der Waals surface area contributed by atoms with E-state index in [9.17, 15) is 13.2 Å². The molecule has 0 unspecified atom stereocenters. The summed E-state index contributed by atoms with van der Waals surface area (Å²) in [6.07, 6.45) is 5.90. The van der Waals surface area contributed by atoms with E-state index in [-0.39, 0.29) is 17.3 Å². The molecule has 146 valence electrons. The third-order valence-electron chi connectivity index (χ3n) is 4.23. The molecule has 0 fully saturated rings. The normalized spacial score (nSPS) is 11.3. The Morgan fingerprint density at radius 1 is 1.04 bits per heavy atom. The van der Waals surface area contributed by atoms with Gasteiger partial charge in [-0.1, -0.05) is 24.3 Å². The summed E-state index contributed by atoms with van der Waals surface area (Å²) in [5.74, 6) is -0.0820. The van der Waals surface area contributed by atoms with E-state index in [0.717, 1.165) is 16.8 Å². The Morgan fingerprint density at radius 2 is 1.71 bits per heavy atom. The molecule has 8 heteroatoms. The number of hydrogen-bond donors (Lipinski definition) is 2. The molecular weight excluding hydrogens is 376 g/mol. The molecular formula is C20H22N4O3S. The molecule has 0 aliphatic rings. The zero-order valence-corrected chi connectivity index (χ0v) is 16.3. The number of sulfonamides is 1. The molecule has 1 heterocycles. The fourth-order valence-electron chi connectivity index (χ4n) is 2.68. The number of nitrogens with one attached hydrogen (secondary N) is 2. The fraction of sp³-hybridized carbons (Fsp3) is 0.200. The van der Waals surface area contributed by atoms with E-state index in [4.69, 9.17) is 0 Å². The summed E-state index contributed by atoms with van der Waals surface area (Å²) in [5.41, 5.74) is 2.78. The van der Waals surface area contributed by atoms with Gasteiger partial charge in [-0.3, -0.25) is 4.79 Å². The highest BCUT2D eigenvalue weighted by Gasteiger charge is 2.13. The van der Waals surface area contributed by atoms with Crippen molar-refractivity contribution in [2.45, 2.75) is 24.8 Å². The van der Waals surface area contributed by atoms with E-state index >= 15 is 0 Å². The van der Waals surface area contributed by atoms with Gasteiger partial charge in [0.05, 0.1) is 11.2 Å². The number of benzene rings is 2. The Balaban J connectivity index is 1.58. The minimum absolute atomic E-state index is 0.0820. The molecule has 3 rings (SSSR count). The quantitative estimate of drug-likeness (QED) is 0.607. The minimum atomic E-state index is -3.60. The largest absolute Gasteiger partial charge is 0.356 e. The number of imidazole rings is 1. The SMILES string of the molecule is CC(=O)NCCc1ccc(S(=O)(=O)NCc2ccc(-n3ccnc3)cc2)cc1. The highest BCUT2D eigenvalue weighted by Crippen LogP contribution is 2.13. The average Bonchev–Trinajstić information content (AvgIpc) is 3.22. The highest BCUT2D eigenvalue weighted by atomic mass is 32.2. The van der Waals surface area contributed by atoms with Gasteiger partial charge in [-0.05, 0) is 41.8 Å². The molecule has 3 aromatic rings. The van der Waals surface area contributed by atoms with Crippen LogP contribution in [-0.2, 0) is 27.8 Å². The maximum absolute atomic E-state index is 12.5. The van der Waals surface area contributed by atoms with Crippen molar-refractivity contribution in [3.05, 3.63) is 78.4 Å². The van der Waals surface area contributed by atoms with E-state index in [0.29, 0.717) is 13.0 Å². The van der Waals surface area contributed by atoms with Crippen molar-refractivity contribution in [2.24, 2.45) is 0 Å². The van der Waals surface area contributed by atoms with Crippen LogP contribution < -0.4 is 10.0 Å². The predicted molar refractivity (Wildman–Crippen MR) is 106 cm³/mol. The summed E-state index contributed by atoms with van der Waals surface area (Å²) >= 11 is 0. The van der Waals surface area contributed by atoms with Gasteiger partial charge in [0.2, 0.25) is 15.9 Å². The lowest BCUT2D eigenvalue weighted by Gasteiger charge is -2.09. The number of carbonyl (C=O) groups excluding carboxylic acids is 1. The van der Waals surface area contributed by atoms with Gasteiger partial charge in [0, 0.05) is 38.1 Å². The first-order valence-electron chi connectivity index (χ1n) is 8.84. The van der Waals surface area contributed by atoms with E-state index < -0.39 is 10.0 Å². The van der Waals surface area contributed by atoms with Crippen LogP contribution in [0.4, 0.5) is 0 Å². The lowest BCUT2D eigenvalue weighted by molar-refractivity contribution is -0.118. The Morgan fingerprint density at radius 3 is 2.32 bits per heavy atom. The maximum atomic E-state index is 12.5. The van der Waals surface area contributed by atoms with Crippen molar-refractivity contribution in [1.29, 1.82) is 0 Å². The zero-order valence-electron chi connectivity index (χ0n) is 15.5. The number of rotatable bonds is 8. The Hall–Kier alpha value is -2.97. The van der Waals surface area contributed by atoms with E-state index in [1.54, 1.807) is 36.8 Å². The van der Waals surface area contributed by atoms with Gasteiger partial charge in [-0.15, -0.1) is 0 Å². The van der Waals surface area contributed by atoms with Crippen molar-refractivity contribution in [1.82, 2.24) is 19.6 Å². The average molecular weight is 398 g/mol. The first-order valence-corrected chi connectivity index (χ1v) is 10.3. The first-order chi connectivity index (χ1) is 13.4. The van der Waals surface area contributed by atoms with Crippen LogP contribution in [0.2, 0.25) is 0 Å². The van der Waals surface area contributed by atoms with Crippen LogP contribution in [0.25, 0.3) is 5.69 Å². The van der Waals surface area contributed by atoms with Gasteiger partial charge in [-0.2, -0.15) is 0 Å². The fourth-order valence-corrected chi connectivity index (χ4v) is 3.70. The topological polar surface area (TPSA) is 93.1 Å². The maximum Gasteiger partial charge on any atom is 0.240 e. The molecule has 0 atom stereocenters.